The molecule has 2 bridgehead atoms. The van der Waals surface area contributed by atoms with Crippen LogP contribution in [0.4, 0.5) is 19.0 Å². The molecule has 3 fully saturated rings. The Kier molecular flexibility index (Phi) is 5.83. The zero-order valence-electron chi connectivity index (χ0n) is 20.1. The van der Waals surface area contributed by atoms with E-state index in [9.17, 15) is 23.9 Å². The van der Waals surface area contributed by atoms with Crippen molar-refractivity contribution in [3.63, 3.8) is 0 Å². The summed E-state index contributed by atoms with van der Waals surface area (Å²) in [5.41, 5.74) is 0.618. The van der Waals surface area contributed by atoms with Crippen LogP contribution in [0, 0.1) is 46.5 Å². The number of nitrogens with one attached hydrogen (secondary N) is 2. The van der Waals surface area contributed by atoms with Crippen LogP contribution >= 0.6 is 0 Å². The van der Waals surface area contributed by atoms with Crippen LogP contribution in [-0.2, 0) is 4.79 Å². The van der Waals surface area contributed by atoms with Gasteiger partial charge >= 0.3 is 5.97 Å². The molecule has 0 amide bonds. The molecule has 0 aliphatic heterocycles. The van der Waals surface area contributed by atoms with Crippen molar-refractivity contribution in [2.75, 3.05) is 5.32 Å². The number of H-pyrrole nitrogens is 1. The maximum absolute atomic E-state index is 16.2. The average molecular weight is 517 g/mol. The summed E-state index contributed by atoms with van der Waals surface area (Å²) in [4.78, 5) is 19.5. The van der Waals surface area contributed by atoms with Gasteiger partial charge in [-0.3, -0.25) is 4.79 Å². The van der Waals surface area contributed by atoms with Crippen molar-refractivity contribution in [2.24, 2.45) is 17.8 Å². The lowest BCUT2D eigenvalue weighted by molar-refractivity contribution is -0.148. The highest BCUT2D eigenvalue weighted by Gasteiger charge is 2.47. The van der Waals surface area contributed by atoms with Gasteiger partial charge in [0.2, 0.25) is 0 Å². The first-order chi connectivity index (χ1) is 18.4. The van der Waals surface area contributed by atoms with Crippen LogP contribution in [0.3, 0.4) is 0 Å². The van der Waals surface area contributed by atoms with Crippen LogP contribution in [-0.4, -0.2) is 27.1 Å². The second-order valence-corrected chi connectivity index (χ2v) is 10.1. The van der Waals surface area contributed by atoms with E-state index < -0.39 is 35.4 Å². The molecular formula is C29H23F3N4O2. The Morgan fingerprint density at radius 2 is 1.79 bits per heavy atom. The van der Waals surface area contributed by atoms with Crippen molar-refractivity contribution in [1.82, 2.24) is 9.97 Å². The van der Waals surface area contributed by atoms with Crippen LogP contribution in [0.15, 0.2) is 48.7 Å². The zero-order chi connectivity index (χ0) is 26.6. The molecule has 3 aliphatic rings. The van der Waals surface area contributed by atoms with E-state index >= 15 is 4.39 Å². The van der Waals surface area contributed by atoms with Gasteiger partial charge in [-0.2, -0.15) is 5.26 Å². The van der Waals surface area contributed by atoms with E-state index in [0.29, 0.717) is 5.56 Å². The van der Waals surface area contributed by atoms with Crippen molar-refractivity contribution >= 4 is 22.7 Å². The molecular weight excluding hydrogens is 493 g/mol. The second kappa shape index (κ2) is 9.21. The van der Waals surface area contributed by atoms with Crippen LogP contribution in [0.5, 0.6) is 0 Å². The fraction of sp³-hybridized carbons (Fsp3) is 0.276. The fourth-order valence-corrected chi connectivity index (χ4v) is 6.36. The number of halogens is 3. The summed E-state index contributed by atoms with van der Waals surface area (Å²) < 4.78 is 44.9. The minimum Gasteiger partial charge on any atom is -0.481 e. The third-order valence-corrected chi connectivity index (χ3v) is 8.08. The number of nitrogens with zero attached hydrogens (tertiary/aromatic N) is 2. The Bertz CT molecular complexity index is 1600. The van der Waals surface area contributed by atoms with Crippen LogP contribution in [0.1, 0.15) is 31.2 Å². The number of fused-ring (bicyclic) bond motifs is 4. The van der Waals surface area contributed by atoms with Gasteiger partial charge in [-0.1, -0.05) is 30.3 Å². The molecule has 4 aromatic rings. The summed E-state index contributed by atoms with van der Waals surface area (Å²) >= 11 is 0. The first kappa shape index (κ1) is 24.0. The minimum absolute atomic E-state index is 0.0101. The number of aliphatic carboxylic acids is 1. The number of carboxylic acid groups (broad SMARTS) is 1. The van der Waals surface area contributed by atoms with Crippen molar-refractivity contribution in [1.29, 1.82) is 5.26 Å². The number of rotatable bonds is 5. The SMILES string of the molecule is N#Cc1c(-c2c[nH]c3c(F)cc(F)cc23)nc(NC2C3CCC(CC3)[C@H]2C(=O)O)c(F)c1-c1ccccc1. The lowest BCUT2D eigenvalue weighted by atomic mass is 9.61. The number of pyridine rings is 1. The predicted molar refractivity (Wildman–Crippen MR) is 136 cm³/mol. The first-order valence-corrected chi connectivity index (χ1v) is 12.5. The van der Waals surface area contributed by atoms with E-state index in [2.05, 4.69) is 15.3 Å². The number of aromatic amines is 1. The molecule has 0 spiro atoms. The molecule has 2 aromatic carbocycles. The smallest absolute Gasteiger partial charge is 0.308 e. The van der Waals surface area contributed by atoms with Crippen molar-refractivity contribution in [3.8, 4) is 28.5 Å². The van der Waals surface area contributed by atoms with E-state index in [4.69, 9.17) is 0 Å². The third kappa shape index (κ3) is 3.79. The number of anilines is 1. The molecule has 7 rings (SSSR count). The number of hydrogen-bond acceptors (Lipinski definition) is 4. The molecule has 0 radical (unpaired) electrons. The van der Waals surface area contributed by atoms with Crippen molar-refractivity contribution in [2.45, 2.75) is 31.7 Å². The van der Waals surface area contributed by atoms with Crippen molar-refractivity contribution < 1.29 is 23.1 Å². The van der Waals surface area contributed by atoms with Gasteiger partial charge in [-0.05, 0) is 49.1 Å². The summed E-state index contributed by atoms with van der Waals surface area (Å²) in [5, 5.41) is 23.4. The van der Waals surface area contributed by atoms with Gasteiger partial charge in [0, 0.05) is 34.8 Å². The van der Waals surface area contributed by atoms with Crippen LogP contribution in [0.25, 0.3) is 33.3 Å². The maximum atomic E-state index is 16.2. The molecule has 1 unspecified atom stereocenters. The molecule has 3 aliphatic carbocycles. The molecule has 9 heteroatoms. The highest BCUT2D eigenvalue weighted by atomic mass is 19.1. The quantitative estimate of drug-likeness (QED) is 0.282. The van der Waals surface area contributed by atoms with E-state index in [1.54, 1.807) is 30.3 Å². The highest BCUT2D eigenvalue weighted by Crippen LogP contribution is 2.47. The lowest BCUT2D eigenvalue weighted by Crippen LogP contribution is -2.51. The van der Waals surface area contributed by atoms with Crippen LogP contribution in [0.2, 0.25) is 0 Å². The first-order valence-electron chi connectivity index (χ1n) is 12.5. The largest absolute Gasteiger partial charge is 0.481 e. The van der Waals surface area contributed by atoms with Gasteiger partial charge in [-0.15, -0.1) is 0 Å². The Labute approximate surface area is 216 Å². The Morgan fingerprint density at radius 1 is 1.08 bits per heavy atom. The van der Waals surface area contributed by atoms with Gasteiger partial charge in [0.1, 0.15) is 17.7 Å². The number of carbonyl (C=O) groups is 1. The van der Waals surface area contributed by atoms with E-state index in [0.717, 1.165) is 37.8 Å². The third-order valence-electron chi connectivity index (χ3n) is 8.08. The molecule has 38 heavy (non-hydrogen) atoms. The normalized spacial score (nSPS) is 22.4. The summed E-state index contributed by atoms with van der Waals surface area (Å²) in [6.45, 7) is 0. The monoisotopic (exact) mass is 516 g/mol. The summed E-state index contributed by atoms with van der Waals surface area (Å²) in [5.74, 6) is -4.18. The highest BCUT2D eigenvalue weighted by molar-refractivity contribution is 5.98. The van der Waals surface area contributed by atoms with Crippen LogP contribution < -0.4 is 5.32 Å². The molecule has 6 nitrogen and oxygen atoms in total. The standard InChI is InChI=1S/C29H23F3N4O2/c30-17-10-18-20(13-34-27(18)21(31)11-17)26-19(12-33)22(14-4-2-1-3-5-14)24(32)28(36-26)35-25-16-8-6-15(7-9-16)23(25)29(37)38/h1-5,10-11,13,15-16,23,25,34H,6-9H2,(H,35,36)(H,37,38)/t15?,16?,23-,25?/m1/s1. The van der Waals surface area contributed by atoms with Crippen molar-refractivity contribution in [3.05, 3.63) is 71.7 Å². The number of aromatic nitrogens is 2. The van der Waals surface area contributed by atoms with Gasteiger partial charge in [-0.25, -0.2) is 18.2 Å². The fourth-order valence-electron chi connectivity index (χ4n) is 6.36. The van der Waals surface area contributed by atoms with Gasteiger partial charge in [0.15, 0.2) is 11.6 Å². The molecule has 2 atom stereocenters. The van der Waals surface area contributed by atoms with Gasteiger partial charge < -0.3 is 15.4 Å². The summed E-state index contributed by atoms with van der Waals surface area (Å²) in [7, 11) is 0. The minimum atomic E-state index is -0.933. The molecule has 3 saturated carbocycles. The van der Waals surface area contributed by atoms with Gasteiger partial charge in [0.25, 0.3) is 0 Å². The molecule has 2 aromatic heterocycles. The average Bonchev–Trinajstić information content (AvgIpc) is 3.34. The number of carboxylic acids is 1. The zero-order valence-corrected chi connectivity index (χ0v) is 20.1. The molecule has 192 valence electrons. The van der Waals surface area contributed by atoms with E-state index in [-0.39, 0.29) is 50.9 Å². The molecule has 2 heterocycles. The number of hydrogen-bond donors (Lipinski definition) is 3. The topological polar surface area (TPSA) is 102 Å². The lowest BCUT2D eigenvalue weighted by Gasteiger charge is -2.47. The maximum Gasteiger partial charge on any atom is 0.308 e. The Hall–Kier alpha value is -4.32. The predicted octanol–water partition coefficient (Wildman–Crippen LogP) is 6.49. The molecule has 3 N–H and O–H groups in total. The Balaban J connectivity index is 1.58. The number of nitriles is 1. The Morgan fingerprint density at radius 3 is 2.47 bits per heavy atom. The molecule has 0 saturated heterocycles. The number of benzene rings is 2. The van der Waals surface area contributed by atoms with Gasteiger partial charge in [0.05, 0.1) is 22.7 Å². The second-order valence-electron chi connectivity index (χ2n) is 10.1. The van der Waals surface area contributed by atoms with E-state index in [1.165, 1.54) is 6.20 Å². The summed E-state index contributed by atoms with van der Waals surface area (Å²) in [6, 6.07) is 11.9. The van der Waals surface area contributed by atoms with E-state index in [1.807, 2.05) is 6.07 Å². The summed E-state index contributed by atoms with van der Waals surface area (Å²) in [6.07, 6.45) is 4.72.